The molecule has 0 saturated carbocycles. The van der Waals surface area contributed by atoms with E-state index in [0.29, 0.717) is 5.91 Å². The summed E-state index contributed by atoms with van der Waals surface area (Å²) in [4.78, 5) is 27.4. The molecule has 2 aromatic heterocycles. The van der Waals surface area contributed by atoms with Gasteiger partial charge in [-0.1, -0.05) is 24.2 Å². The standard InChI is InChI=1S/C18H24N4OS/c23-17(21-10-3-1-2-4-11-21)14-7-6-12-22(13-14)18-20-15-8-5-9-19-16(15)24-18/h5,8-9,14H,1-4,6-7,10-13H2. The van der Waals surface area contributed by atoms with Crippen molar-refractivity contribution in [2.75, 3.05) is 31.1 Å². The predicted molar refractivity (Wildman–Crippen MR) is 97.4 cm³/mol. The van der Waals surface area contributed by atoms with Gasteiger partial charge in [-0.05, 0) is 37.8 Å². The van der Waals surface area contributed by atoms with Crippen LogP contribution in [0.1, 0.15) is 38.5 Å². The third-order valence-corrected chi connectivity index (χ3v) is 6.15. The van der Waals surface area contributed by atoms with Crippen LogP contribution in [0.15, 0.2) is 18.3 Å². The van der Waals surface area contributed by atoms with Gasteiger partial charge in [-0.3, -0.25) is 4.79 Å². The number of amides is 1. The molecule has 0 aliphatic carbocycles. The third-order valence-electron chi connectivity index (χ3n) is 5.11. The largest absolute Gasteiger partial charge is 0.347 e. The molecule has 1 amide bonds. The van der Waals surface area contributed by atoms with Gasteiger partial charge in [0.25, 0.3) is 0 Å². The summed E-state index contributed by atoms with van der Waals surface area (Å²) >= 11 is 1.64. The molecule has 0 N–H and O–H groups in total. The lowest BCUT2D eigenvalue weighted by Gasteiger charge is -2.34. The van der Waals surface area contributed by atoms with E-state index in [2.05, 4.69) is 14.8 Å². The summed E-state index contributed by atoms with van der Waals surface area (Å²) < 4.78 is 0. The number of piperidine rings is 1. The average molecular weight is 344 g/mol. The van der Waals surface area contributed by atoms with E-state index in [0.717, 1.165) is 67.3 Å². The van der Waals surface area contributed by atoms with Crippen molar-refractivity contribution < 1.29 is 4.79 Å². The molecule has 2 fully saturated rings. The summed E-state index contributed by atoms with van der Waals surface area (Å²) in [5.41, 5.74) is 0.957. The number of nitrogens with zero attached hydrogens (tertiary/aromatic N) is 4. The van der Waals surface area contributed by atoms with Gasteiger partial charge in [-0.2, -0.15) is 0 Å². The van der Waals surface area contributed by atoms with Crippen LogP contribution in [0.5, 0.6) is 0 Å². The summed E-state index contributed by atoms with van der Waals surface area (Å²) in [5.74, 6) is 0.484. The zero-order valence-corrected chi connectivity index (χ0v) is 14.8. The lowest BCUT2D eigenvalue weighted by Crippen LogP contribution is -2.45. The highest BCUT2D eigenvalue weighted by Gasteiger charge is 2.30. The average Bonchev–Trinajstić information content (AvgIpc) is 2.88. The molecule has 24 heavy (non-hydrogen) atoms. The van der Waals surface area contributed by atoms with E-state index in [1.54, 1.807) is 11.3 Å². The second-order valence-corrected chi connectivity index (χ2v) is 7.80. The van der Waals surface area contributed by atoms with E-state index >= 15 is 0 Å². The SMILES string of the molecule is O=C(C1CCCN(c2nc3cccnc3s2)C1)N1CCCCCC1. The first-order chi connectivity index (χ1) is 11.8. The number of anilines is 1. The number of carbonyl (C=O) groups is 1. The number of pyridine rings is 1. The van der Waals surface area contributed by atoms with Crippen LogP contribution in [0.2, 0.25) is 0 Å². The van der Waals surface area contributed by atoms with E-state index < -0.39 is 0 Å². The predicted octanol–water partition coefficient (Wildman–Crippen LogP) is 3.31. The van der Waals surface area contributed by atoms with Gasteiger partial charge in [0.15, 0.2) is 5.13 Å². The number of thiazole rings is 1. The number of rotatable bonds is 2. The Morgan fingerprint density at radius 1 is 1.12 bits per heavy atom. The molecule has 0 bridgehead atoms. The zero-order valence-electron chi connectivity index (χ0n) is 14.0. The topological polar surface area (TPSA) is 49.3 Å². The van der Waals surface area contributed by atoms with Crippen molar-refractivity contribution in [1.29, 1.82) is 0 Å². The fraction of sp³-hybridized carbons (Fsp3) is 0.611. The van der Waals surface area contributed by atoms with Crippen LogP contribution in [0.25, 0.3) is 10.3 Å². The Labute approximate surface area is 146 Å². The van der Waals surface area contributed by atoms with E-state index in [1.807, 2.05) is 18.3 Å². The third kappa shape index (κ3) is 3.24. The van der Waals surface area contributed by atoms with Gasteiger partial charge in [-0.15, -0.1) is 0 Å². The maximum atomic E-state index is 12.9. The minimum atomic E-state index is 0.122. The smallest absolute Gasteiger partial charge is 0.227 e. The van der Waals surface area contributed by atoms with Gasteiger partial charge in [0, 0.05) is 32.4 Å². The van der Waals surface area contributed by atoms with Crippen molar-refractivity contribution in [3.05, 3.63) is 18.3 Å². The van der Waals surface area contributed by atoms with Crippen molar-refractivity contribution >= 4 is 32.7 Å². The van der Waals surface area contributed by atoms with Gasteiger partial charge in [-0.25, -0.2) is 9.97 Å². The Hall–Kier alpha value is -1.69. The molecule has 0 radical (unpaired) electrons. The molecule has 2 aliphatic rings. The number of aromatic nitrogens is 2. The number of carbonyl (C=O) groups excluding carboxylic acids is 1. The summed E-state index contributed by atoms with van der Waals surface area (Å²) in [6, 6.07) is 3.93. The summed E-state index contributed by atoms with van der Waals surface area (Å²) in [7, 11) is 0. The van der Waals surface area contributed by atoms with E-state index in [4.69, 9.17) is 4.98 Å². The highest BCUT2D eigenvalue weighted by molar-refractivity contribution is 7.21. The van der Waals surface area contributed by atoms with E-state index in [9.17, 15) is 4.79 Å². The van der Waals surface area contributed by atoms with Gasteiger partial charge in [0.2, 0.25) is 5.91 Å². The Balaban J connectivity index is 1.47. The number of likely N-dealkylation sites (tertiary alicyclic amines) is 1. The molecule has 0 aromatic carbocycles. The first-order valence-electron chi connectivity index (χ1n) is 9.06. The molecule has 2 aliphatic heterocycles. The Bertz CT molecular complexity index is 675. The molecule has 6 heteroatoms. The van der Waals surface area contributed by atoms with E-state index in [1.165, 1.54) is 12.8 Å². The van der Waals surface area contributed by atoms with Crippen molar-refractivity contribution in [1.82, 2.24) is 14.9 Å². The molecule has 2 aromatic rings. The number of fused-ring (bicyclic) bond motifs is 1. The fourth-order valence-corrected chi connectivity index (χ4v) is 4.74. The van der Waals surface area contributed by atoms with Gasteiger partial charge >= 0.3 is 0 Å². The van der Waals surface area contributed by atoms with Crippen LogP contribution in [-0.2, 0) is 4.79 Å². The van der Waals surface area contributed by atoms with Crippen LogP contribution >= 0.6 is 11.3 Å². The second kappa shape index (κ2) is 7.05. The normalized spacial score (nSPS) is 22.6. The first kappa shape index (κ1) is 15.8. The minimum absolute atomic E-state index is 0.122. The van der Waals surface area contributed by atoms with Crippen molar-refractivity contribution in [3.8, 4) is 0 Å². The van der Waals surface area contributed by atoms with Crippen LogP contribution in [0.4, 0.5) is 5.13 Å². The summed E-state index contributed by atoms with van der Waals surface area (Å²) in [5, 5.41) is 1.01. The molecule has 4 heterocycles. The molecule has 2 saturated heterocycles. The molecular formula is C18H24N4OS. The highest BCUT2D eigenvalue weighted by atomic mass is 32.1. The Morgan fingerprint density at radius 2 is 1.96 bits per heavy atom. The van der Waals surface area contributed by atoms with Gasteiger partial charge in [0.1, 0.15) is 10.3 Å². The Kier molecular flexibility index (Phi) is 4.65. The van der Waals surface area contributed by atoms with Crippen LogP contribution in [-0.4, -0.2) is 47.0 Å². The molecule has 4 rings (SSSR count). The number of hydrogen-bond acceptors (Lipinski definition) is 5. The lowest BCUT2D eigenvalue weighted by atomic mass is 9.96. The molecule has 0 spiro atoms. The Morgan fingerprint density at radius 3 is 2.75 bits per heavy atom. The fourth-order valence-electron chi connectivity index (χ4n) is 3.80. The zero-order chi connectivity index (χ0) is 16.4. The first-order valence-corrected chi connectivity index (χ1v) is 9.88. The van der Waals surface area contributed by atoms with Gasteiger partial charge in [0.05, 0.1) is 5.92 Å². The maximum absolute atomic E-state index is 12.9. The van der Waals surface area contributed by atoms with Crippen LogP contribution < -0.4 is 4.90 Å². The second-order valence-electron chi connectivity index (χ2n) is 6.85. The highest BCUT2D eigenvalue weighted by Crippen LogP contribution is 2.31. The molecule has 1 unspecified atom stereocenters. The molecule has 1 atom stereocenters. The molecular weight excluding hydrogens is 320 g/mol. The maximum Gasteiger partial charge on any atom is 0.227 e. The van der Waals surface area contributed by atoms with E-state index in [-0.39, 0.29) is 5.92 Å². The van der Waals surface area contributed by atoms with Crippen molar-refractivity contribution in [3.63, 3.8) is 0 Å². The quantitative estimate of drug-likeness (QED) is 0.839. The lowest BCUT2D eigenvalue weighted by molar-refractivity contribution is -0.135. The summed E-state index contributed by atoms with van der Waals surface area (Å²) in [6.07, 6.45) is 8.73. The summed E-state index contributed by atoms with van der Waals surface area (Å²) in [6.45, 7) is 3.68. The molecule has 128 valence electrons. The van der Waals surface area contributed by atoms with Crippen LogP contribution in [0, 0.1) is 5.92 Å². The van der Waals surface area contributed by atoms with Crippen molar-refractivity contribution in [2.24, 2.45) is 5.92 Å². The monoisotopic (exact) mass is 344 g/mol. The molecule has 5 nitrogen and oxygen atoms in total. The minimum Gasteiger partial charge on any atom is -0.347 e. The van der Waals surface area contributed by atoms with Gasteiger partial charge < -0.3 is 9.80 Å². The van der Waals surface area contributed by atoms with Crippen molar-refractivity contribution in [2.45, 2.75) is 38.5 Å². The van der Waals surface area contributed by atoms with Crippen LogP contribution in [0.3, 0.4) is 0 Å². The number of hydrogen-bond donors (Lipinski definition) is 0.